The fourth-order valence-corrected chi connectivity index (χ4v) is 4.03. The number of nitro groups is 1. The number of benzene rings is 1. The number of thiazole rings is 1. The summed E-state index contributed by atoms with van der Waals surface area (Å²) < 4.78 is 29.2. The van der Waals surface area contributed by atoms with Gasteiger partial charge < -0.3 is 4.57 Å². The van der Waals surface area contributed by atoms with Gasteiger partial charge in [0.25, 0.3) is 5.91 Å². The number of carbonyl (C=O) groups excluding carboxylic acids is 1. The number of amides is 1. The first-order valence-corrected chi connectivity index (χ1v) is 8.35. The highest BCUT2D eigenvalue weighted by Gasteiger charge is 2.16. The molecule has 6 nitrogen and oxygen atoms in total. The van der Waals surface area contributed by atoms with E-state index in [-0.39, 0.29) is 20.2 Å². The summed E-state index contributed by atoms with van der Waals surface area (Å²) in [5.74, 6) is -2.11. The van der Waals surface area contributed by atoms with Gasteiger partial charge in [0.05, 0.1) is 15.1 Å². The van der Waals surface area contributed by atoms with Gasteiger partial charge in [-0.25, -0.2) is 8.78 Å². The first-order valence-electron chi connectivity index (χ1n) is 6.72. The van der Waals surface area contributed by atoms with Gasteiger partial charge in [0.2, 0.25) is 0 Å². The Kier molecular flexibility index (Phi) is 4.24. The van der Waals surface area contributed by atoms with Crippen LogP contribution in [-0.4, -0.2) is 15.4 Å². The fraction of sp³-hybridized carbons (Fsp3) is 0.143. The maximum atomic E-state index is 14.0. The quantitative estimate of drug-likeness (QED) is 0.521. The molecule has 1 aromatic carbocycles. The van der Waals surface area contributed by atoms with Crippen LogP contribution in [0.1, 0.15) is 16.6 Å². The normalized spacial score (nSPS) is 12.0. The monoisotopic (exact) mass is 369 g/mol. The van der Waals surface area contributed by atoms with Crippen LogP contribution < -0.4 is 4.80 Å². The average Bonchev–Trinajstić information content (AvgIpc) is 3.11. The van der Waals surface area contributed by atoms with E-state index in [2.05, 4.69) is 4.99 Å². The molecule has 0 spiro atoms. The number of carbonyl (C=O) groups is 1. The van der Waals surface area contributed by atoms with Crippen LogP contribution in [0.5, 0.6) is 0 Å². The SMILES string of the molecule is CCn1c(=NC(=O)c2ccc([N+](=O)[O-])s2)sc2cc(F)cc(F)c21. The predicted molar refractivity (Wildman–Crippen MR) is 86.3 cm³/mol. The maximum absolute atomic E-state index is 14.0. The predicted octanol–water partition coefficient (Wildman–Crippen LogP) is 3.71. The van der Waals surface area contributed by atoms with Crippen molar-refractivity contribution < 1.29 is 18.5 Å². The Morgan fingerprint density at radius 2 is 2.08 bits per heavy atom. The number of rotatable bonds is 3. The van der Waals surface area contributed by atoms with Crippen molar-refractivity contribution in [3.05, 3.63) is 55.7 Å². The third kappa shape index (κ3) is 2.85. The molecule has 0 N–H and O–H groups in total. The second kappa shape index (κ2) is 6.21. The Balaban J connectivity index is 2.13. The van der Waals surface area contributed by atoms with E-state index in [9.17, 15) is 23.7 Å². The van der Waals surface area contributed by atoms with Crippen LogP contribution in [0.15, 0.2) is 29.3 Å². The lowest BCUT2D eigenvalue weighted by Gasteiger charge is -2.01. The lowest BCUT2D eigenvalue weighted by atomic mass is 10.3. The Hall–Kier alpha value is -2.46. The minimum Gasteiger partial charge on any atom is -0.314 e. The molecule has 10 heteroatoms. The molecule has 0 fully saturated rings. The largest absolute Gasteiger partial charge is 0.324 e. The van der Waals surface area contributed by atoms with E-state index in [0.717, 1.165) is 17.4 Å². The minimum atomic E-state index is -0.733. The zero-order valence-corrected chi connectivity index (χ0v) is 13.8. The van der Waals surface area contributed by atoms with Crippen LogP contribution in [0, 0.1) is 21.7 Å². The molecule has 2 aromatic heterocycles. The maximum Gasteiger partial charge on any atom is 0.324 e. The molecule has 0 unspecified atom stereocenters. The van der Waals surface area contributed by atoms with E-state index >= 15 is 0 Å². The second-order valence-corrected chi connectivity index (χ2v) is 6.75. The van der Waals surface area contributed by atoms with Gasteiger partial charge in [-0.05, 0) is 19.1 Å². The summed E-state index contributed by atoms with van der Waals surface area (Å²) in [5.41, 5.74) is 0.174. The van der Waals surface area contributed by atoms with Gasteiger partial charge in [-0.2, -0.15) is 4.99 Å². The number of nitrogens with zero attached hydrogens (tertiary/aromatic N) is 3. The smallest absolute Gasteiger partial charge is 0.314 e. The van der Waals surface area contributed by atoms with Gasteiger partial charge in [-0.15, -0.1) is 0 Å². The molecule has 0 saturated carbocycles. The third-order valence-corrected chi connectivity index (χ3v) is 5.24. The summed E-state index contributed by atoms with van der Waals surface area (Å²) in [6.45, 7) is 2.08. The molecule has 0 aliphatic rings. The molecule has 0 radical (unpaired) electrons. The topological polar surface area (TPSA) is 77.5 Å². The standard InChI is InChI=1S/C14H9F2N3O3S2/c1-2-18-12-8(16)5-7(15)6-10(12)24-14(18)17-13(20)9-3-4-11(23-9)19(21)22/h3-6H,2H2,1H3. The van der Waals surface area contributed by atoms with Crippen molar-refractivity contribution in [2.24, 2.45) is 4.99 Å². The number of thiophene rings is 1. The van der Waals surface area contributed by atoms with Crippen molar-refractivity contribution in [1.29, 1.82) is 0 Å². The van der Waals surface area contributed by atoms with E-state index in [1.54, 1.807) is 6.92 Å². The minimum absolute atomic E-state index is 0.105. The van der Waals surface area contributed by atoms with E-state index < -0.39 is 22.5 Å². The average molecular weight is 369 g/mol. The van der Waals surface area contributed by atoms with Crippen molar-refractivity contribution >= 4 is 43.8 Å². The Morgan fingerprint density at radius 3 is 2.71 bits per heavy atom. The van der Waals surface area contributed by atoms with Crippen LogP contribution in [0.4, 0.5) is 13.8 Å². The highest BCUT2D eigenvalue weighted by molar-refractivity contribution is 7.17. The number of halogens is 2. The number of aryl methyl sites for hydroxylation is 1. The molecule has 0 bridgehead atoms. The van der Waals surface area contributed by atoms with Crippen LogP contribution >= 0.6 is 22.7 Å². The van der Waals surface area contributed by atoms with E-state index in [1.165, 1.54) is 22.8 Å². The van der Waals surface area contributed by atoms with Gasteiger partial charge in [0.15, 0.2) is 10.6 Å². The number of fused-ring (bicyclic) bond motifs is 1. The van der Waals surface area contributed by atoms with E-state index in [4.69, 9.17) is 0 Å². The highest BCUT2D eigenvalue weighted by atomic mass is 32.1. The molecule has 2 heterocycles. The number of hydrogen-bond donors (Lipinski definition) is 0. The lowest BCUT2D eigenvalue weighted by molar-refractivity contribution is -0.380. The zero-order valence-electron chi connectivity index (χ0n) is 12.2. The molecule has 3 aromatic rings. The summed E-state index contributed by atoms with van der Waals surface area (Å²) in [5, 5.41) is 10.5. The summed E-state index contributed by atoms with van der Waals surface area (Å²) >= 11 is 1.69. The molecule has 3 rings (SSSR count). The van der Waals surface area contributed by atoms with Gasteiger partial charge in [-0.3, -0.25) is 14.9 Å². The Labute approximate surface area is 141 Å². The lowest BCUT2D eigenvalue weighted by Crippen LogP contribution is -2.16. The molecule has 24 heavy (non-hydrogen) atoms. The van der Waals surface area contributed by atoms with Crippen LogP contribution in [-0.2, 0) is 6.54 Å². The van der Waals surface area contributed by atoms with Crippen LogP contribution in [0.25, 0.3) is 10.2 Å². The summed E-state index contributed by atoms with van der Waals surface area (Å²) in [6.07, 6.45) is 0. The van der Waals surface area contributed by atoms with Crippen molar-refractivity contribution in [1.82, 2.24) is 4.57 Å². The Bertz CT molecular complexity index is 1040. The van der Waals surface area contributed by atoms with Crippen molar-refractivity contribution in [2.45, 2.75) is 13.5 Å². The molecular formula is C14H9F2N3O3S2. The number of aromatic nitrogens is 1. The molecular weight excluding hydrogens is 360 g/mol. The highest BCUT2D eigenvalue weighted by Crippen LogP contribution is 2.25. The third-order valence-electron chi connectivity index (χ3n) is 3.19. The molecule has 0 atom stereocenters. The van der Waals surface area contributed by atoms with Gasteiger partial charge in [0.1, 0.15) is 10.7 Å². The van der Waals surface area contributed by atoms with Gasteiger partial charge in [0, 0.05) is 18.7 Å². The van der Waals surface area contributed by atoms with E-state index in [1.807, 2.05) is 0 Å². The van der Waals surface area contributed by atoms with Crippen LogP contribution in [0.3, 0.4) is 0 Å². The molecule has 0 aliphatic carbocycles. The molecule has 1 amide bonds. The fourth-order valence-electron chi connectivity index (χ4n) is 2.19. The van der Waals surface area contributed by atoms with Gasteiger partial charge in [-0.1, -0.05) is 22.7 Å². The second-order valence-electron chi connectivity index (χ2n) is 4.68. The summed E-state index contributed by atoms with van der Waals surface area (Å²) in [6, 6.07) is 4.49. The Morgan fingerprint density at radius 1 is 1.33 bits per heavy atom. The molecule has 0 saturated heterocycles. The first-order chi connectivity index (χ1) is 11.4. The van der Waals surface area contributed by atoms with Crippen molar-refractivity contribution in [2.75, 3.05) is 0 Å². The van der Waals surface area contributed by atoms with Crippen molar-refractivity contribution in [3.63, 3.8) is 0 Å². The van der Waals surface area contributed by atoms with Crippen molar-refractivity contribution in [3.8, 4) is 0 Å². The molecule has 0 aliphatic heterocycles. The van der Waals surface area contributed by atoms with E-state index in [0.29, 0.717) is 22.6 Å². The van der Waals surface area contributed by atoms with Crippen LogP contribution in [0.2, 0.25) is 0 Å². The summed E-state index contributed by atoms with van der Waals surface area (Å²) in [7, 11) is 0. The zero-order chi connectivity index (χ0) is 17.4. The first kappa shape index (κ1) is 16.4. The van der Waals surface area contributed by atoms with Gasteiger partial charge >= 0.3 is 5.00 Å². The summed E-state index contributed by atoms with van der Waals surface area (Å²) in [4.78, 5) is 26.5. The number of hydrogen-bond acceptors (Lipinski definition) is 5. The molecule has 124 valence electrons.